The third-order valence-electron chi connectivity index (χ3n) is 2.41. The first-order chi connectivity index (χ1) is 8.38. The lowest BCUT2D eigenvalue weighted by Gasteiger charge is -2.06. The van der Waals surface area contributed by atoms with Crippen molar-refractivity contribution in [1.82, 2.24) is 4.98 Å². The van der Waals surface area contributed by atoms with Gasteiger partial charge in [0.2, 0.25) is 0 Å². The van der Waals surface area contributed by atoms with Crippen LogP contribution in [0.3, 0.4) is 0 Å². The van der Waals surface area contributed by atoms with E-state index in [4.69, 9.17) is 16.3 Å². The fraction of sp³-hybridized carbons (Fsp3) is 0.214. The molecule has 0 unspecified atom stereocenters. The standard InChI is InChI=1S/C14H14ClNO/c15-11-12-4-3-6-14(10-12)17-9-7-13-5-1-2-8-16-13/h1-6,8,10H,7,9,11H2. The first-order valence-corrected chi connectivity index (χ1v) is 6.09. The minimum Gasteiger partial charge on any atom is -0.493 e. The number of hydrogen-bond acceptors (Lipinski definition) is 2. The molecule has 0 amide bonds. The van der Waals surface area contributed by atoms with Gasteiger partial charge in [-0.2, -0.15) is 0 Å². The first-order valence-electron chi connectivity index (χ1n) is 5.56. The predicted molar refractivity (Wildman–Crippen MR) is 69.4 cm³/mol. The third kappa shape index (κ3) is 3.75. The van der Waals surface area contributed by atoms with Gasteiger partial charge in [-0.1, -0.05) is 18.2 Å². The second-order valence-electron chi connectivity index (χ2n) is 3.70. The maximum absolute atomic E-state index is 5.76. The SMILES string of the molecule is ClCc1cccc(OCCc2ccccn2)c1. The van der Waals surface area contributed by atoms with E-state index >= 15 is 0 Å². The number of ether oxygens (including phenoxy) is 1. The summed E-state index contributed by atoms with van der Waals surface area (Å²) in [6, 6.07) is 13.7. The smallest absolute Gasteiger partial charge is 0.119 e. The molecule has 0 aliphatic heterocycles. The molecule has 3 heteroatoms. The van der Waals surface area contributed by atoms with Crippen LogP contribution in [0.4, 0.5) is 0 Å². The molecule has 0 saturated heterocycles. The van der Waals surface area contributed by atoms with Crippen molar-refractivity contribution in [1.29, 1.82) is 0 Å². The molecule has 0 spiro atoms. The van der Waals surface area contributed by atoms with Crippen LogP contribution in [0.25, 0.3) is 0 Å². The molecule has 1 aromatic heterocycles. The van der Waals surface area contributed by atoms with Gasteiger partial charge in [0, 0.05) is 24.2 Å². The summed E-state index contributed by atoms with van der Waals surface area (Å²) in [4.78, 5) is 4.24. The van der Waals surface area contributed by atoms with Gasteiger partial charge in [0.25, 0.3) is 0 Å². The Bertz CT molecular complexity index is 459. The molecule has 0 radical (unpaired) electrons. The maximum atomic E-state index is 5.76. The highest BCUT2D eigenvalue weighted by atomic mass is 35.5. The van der Waals surface area contributed by atoms with Gasteiger partial charge in [0.15, 0.2) is 0 Å². The summed E-state index contributed by atoms with van der Waals surface area (Å²) in [6.07, 6.45) is 2.61. The highest BCUT2D eigenvalue weighted by Crippen LogP contribution is 2.14. The van der Waals surface area contributed by atoms with Crippen LogP contribution in [0, 0.1) is 0 Å². The fourth-order valence-electron chi connectivity index (χ4n) is 1.54. The minimum atomic E-state index is 0.511. The van der Waals surface area contributed by atoms with Crippen molar-refractivity contribution < 1.29 is 4.74 Å². The molecule has 0 bridgehead atoms. The van der Waals surface area contributed by atoms with Crippen LogP contribution in [-0.4, -0.2) is 11.6 Å². The quantitative estimate of drug-likeness (QED) is 0.755. The minimum absolute atomic E-state index is 0.511. The van der Waals surface area contributed by atoms with Crippen LogP contribution in [-0.2, 0) is 12.3 Å². The van der Waals surface area contributed by atoms with Gasteiger partial charge in [-0.3, -0.25) is 4.98 Å². The zero-order valence-corrected chi connectivity index (χ0v) is 10.2. The molecule has 1 heterocycles. The molecular weight excluding hydrogens is 234 g/mol. The average Bonchev–Trinajstić information content (AvgIpc) is 2.40. The molecule has 0 atom stereocenters. The van der Waals surface area contributed by atoms with Crippen molar-refractivity contribution >= 4 is 11.6 Å². The van der Waals surface area contributed by atoms with Crippen LogP contribution >= 0.6 is 11.6 Å². The van der Waals surface area contributed by atoms with Crippen molar-refractivity contribution in [2.45, 2.75) is 12.3 Å². The highest BCUT2D eigenvalue weighted by Gasteiger charge is 1.97. The third-order valence-corrected chi connectivity index (χ3v) is 2.71. The number of benzene rings is 1. The van der Waals surface area contributed by atoms with Crippen LogP contribution in [0.15, 0.2) is 48.7 Å². The summed E-state index contributed by atoms with van der Waals surface area (Å²) in [5.74, 6) is 1.37. The van der Waals surface area contributed by atoms with E-state index in [-0.39, 0.29) is 0 Å². The molecule has 0 N–H and O–H groups in total. The van der Waals surface area contributed by atoms with Crippen molar-refractivity contribution in [3.63, 3.8) is 0 Å². The summed E-state index contributed by atoms with van der Waals surface area (Å²) in [6.45, 7) is 0.628. The Balaban J connectivity index is 1.86. The first kappa shape index (κ1) is 11.9. The molecule has 0 fully saturated rings. The largest absolute Gasteiger partial charge is 0.493 e. The second-order valence-corrected chi connectivity index (χ2v) is 3.97. The molecule has 2 rings (SSSR count). The van der Waals surface area contributed by atoms with Crippen molar-refractivity contribution in [3.8, 4) is 5.75 Å². The van der Waals surface area contributed by atoms with Crippen molar-refractivity contribution in [3.05, 3.63) is 59.9 Å². The molecule has 0 aliphatic rings. The van der Waals surface area contributed by atoms with E-state index in [0.717, 1.165) is 23.4 Å². The Morgan fingerprint density at radius 3 is 2.82 bits per heavy atom. The van der Waals surface area contributed by atoms with Gasteiger partial charge in [-0.05, 0) is 29.8 Å². The Kier molecular flexibility index (Phi) is 4.39. The summed E-state index contributed by atoms with van der Waals surface area (Å²) >= 11 is 5.76. The van der Waals surface area contributed by atoms with E-state index in [1.165, 1.54) is 0 Å². The summed E-state index contributed by atoms with van der Waals surface area (Å²) in [5.41, 5.74) is 2.11. The van der Waals surface area contributed by atoms with Crippen molar-refractivity contribution in [2.24, 2.45) is 0 Å². The molecule has 88 valence electrons. The molecule has 17 heavy (non-hydrogen) atoms. The predicted octanol–water partition coefficient (Wildman–Crippen LogP) is 3.44. The van der Waals surface area contributed by atoms with E-state index in [1.54, 1.807) is 6.20 Å². The topological polar surface area (TPSA) is 22.1 Å². The fourth-order valence-corrected chi connectivity index (χ4v) is 1.70. The van der Waals surface area contributed by atoms with Crippen molar-refractivity contribution in [2.75, 3.05) is 6.61 Å². The monoisotopic (exact) mass is 247 g/mol. The lowest BCUT2D eigenvalue weighted by Crippen LogP contribution is -2.02. The zero-order chi connectivity index (χ0) is 11.9. The lowest BCUT2D eigenvalue weighted by atomic mass is 10.2. The second kappa shape index (κ2) is 6.26. The van der Waals surface area contributed by atoms with Gasteiger partial charge in [-0.15, -0.1) is 11.6 Å². The summed E-state index contributed by atoms with van der Waals surface area (Å²) < 4.78 is 5.65. The van der Waals surface area contributed by atoms with E-state index in [9.17, 15) is 0 Å². The Morgan fingerprint density at radius 2 is 2.06 bits per heavy atom. The van der Waals surface area contributed by atoms with Gasteiger partial charge >= 0.3 is 0 Å². The van der Waals surface area contributed by atoms with Crippen LogP contribution < -0.4 is 4.74 Å². The van der Waals surface area contributed by atoms with Gasteiger partial charge in [0.05, 0.1) is 6.61 Å². The average molecular weight is 248 g/mol. The van der Waals surface area contributed by atoms with Crippen LogP contribution in [0.5, 0.6) is 5.75 Å². The number of hydrogen-bond donors (Lipinski definition) is 0. The number of pyridine rings is 1. The molecule has 1 aromatic carbocycles. The van der Waals surface area contributed by atoms with Gasteiger partial charge in [-0.25, -0.2) is 0 Å². The van der Waals surface area contributed by atoms with Crippen LogP contribution in [0.1, 0.15) is 11.3 Å². The molecule has 0 saturated carbocycles. The van der Waals surface area contributed by atoms with E-state index in [0.29, 0.717) is 12.5 Å². The maximum Gasteiger partial charge on any atom is 0.119 e. The normalized spacial score (nSPS) is 10.2. The lowest BCUT2D eigenvalue weighted by molar-refractivity contribution is 0.320. The molecule has 0 aliphatic carbocycles. The Labute approximate surface area is 106 Å². The molecular formula is C14H14ClNO. The number of aromatic nitrogens is 1. The van der Waals surface area contributed by atoms with Gasteiger partial charge < -0.3 is 4.74 Å². The number of halogens is 1. The molecule has 2 aromatic rings. The summed E-state index contributed by atoms with van der Waals surface area (Å²) in [7, 11) is 0. The Morgan fingerprint density at radius 1 is 1.12 bits per heavy atom. The van der Waals surface area contributed by atoms with E-state index in [2.05, 4.69) is 4.98 Å². The number of rotatable bonds is 5. The summed E-state index contributed by atoms with van der Waals surface area (Å²) in [5, 5.41) is 0. The van der Waals surface area contributed by atoms with Gasteiger partial charge in [0.1, 0.15) is 5.75 Å². The molecule has 2 nitrogen and oxygen atoms in total. The van der Waals surface area contributed by atoms with Crippen LogP contribution in [0.2, 0.25) is 0 Å². The van der Waals surface area contributed by atoms with E-state index < -0.39 is 0 Å². The zero-order valence-electron chi connectivity index (χ0n) is 9.47. The number of nitrogens with zero attached hydrogens (tertiary/aromatic N) is 1. The highest BCUT2D eigenvalue weighted by molar-refractivity contribution is 6.17. The van der Waals surface area contributed by atoms with E-state index in [1.807, 2.05) is 42.5 Å². The number of alkyl halides is 1. The Hall–Kier alpha value is -1.54.